The largest absolute Gasteiger partial charge is 0.219 e. The predicted molar refractivity (Wildman–Crippen MR) is 66.0 cm³/mol. The molecule has 3 nitrogen and oxygen atoms in total. The van der Waals surface area contributed by atoms with E-state index in [0.717, 1.165) is 36.2 Å². The monoisotopic (exact) mass is 237 g/mol. The summed E-state index contributed by atoms with van der Waals surface area (Å²) >= 11 is 6.04. The summed E-state index contributed by atoms with van der Waals surface area (Å²) in [4.78, 5) is 4.34. The molecule has 0 aliphatic carbocycles. The minimum absolute atomic E-state index is 0.564. The van der Waals surface area contributed by atoms with Crippen molar-refractivity contribution in [1.82, 2.24) is 14.6 Å². The lowest BCUT2D eigenvalue weighted by molar-refractivity contribution is 0.739. The molecule has 4 heteroatoms. The average molecular weight is 238 g/mol. The van der Waals surface area contributed by atoms with E-state index in [1.54, 1.807) is 0 Å². The van der Waals surface area contributed by atoms with Crippen LogP contribution in [0.3, 0.4) is 0 Å². The fourth-order valence-electron chi connectivity index (χ4n) is 1.82. The fourth-order valence-corrected chi connectivity index (χ4v) is 2.03. The van der Waals surface area contributed by atoms with Gasteiger partial charge in [-0.2, -0.15) is 5.10 Å². The zero-order valence-corrected chi connectivity index (χ0v) is 10.5. The first-order chi connectivity index (χ1) is 7.76. The summed E-state index contributed by atoms with van der Waals surface area (Å²) in [6.45, 7) is 4.28. The van der Waals surface area contributed by atoms with Crippen LogP contribution in [0.4, 0.5) is 0 Å². The van der Waals surface area contributed by atoms with Crippen LogP contribution < -0.4 is 0 Å². The highest BCUT2D eigenvalue weighted by atomic mass is 35.5. The molecular formula is C12H16ClN3. The first-order valence-electron chi connectivity index (χ1n) is 5.78. The molecule has 16 heavy (non-hydrogen) atoms. The maximum Gasteiger partial charge on any atom is 0.160 e. The van der Waals surface area contributed by atoms with Crippen LogP contribution in [-0.4, -0.2) is 14.6 Å². The van der Waals surface area contributed by atoms with Crippen molar-refractivity contribution < 1.29 is 0 Å². The Morgan fingerprint density at radius 2 is 2.19 bits per heavy atom. The SMILES string of the molecule is CCCCc1cc(Cl)nc2c(CC)cnn12. The van der Waals surface area contributed by atoms with Gasteiger partial charge in [0.2, 0.25) is 0 Å². The van der Waals surface area contributed by atoms with E-state index in [4.69, 9.17) is 11.6 Å². The van der Waals surface area contributed by atoms with Gasteiger partial charge in [0.15, 0.2) is 5.65 Å². The van der Waals surface area contributed by atoms with Gasteiger partial charge in [0.25, 0.3) is 0 Å². The van der Waals surface area contributed by atoms with E-state index in [2.05, 4.69) is 23.9 Å². The van der Waals surface area contributed by atoms with Gasteiger partial charge in [-0.1, -0.05) is 31.9 Å². The minimum atomic E-state index is 0.564. The van der Waals surface area contributed by atoms with Gasteiger partial charge in [-0.15, -0.1) is 0 Å². The van der Waals surface area contributed by atoms with E-state index >= 15 is 0 Å². The second-order valence-corrected chi connectivity index (χ2v) is 4.32. The Kier molecular flexibility index (Phi) is 3.44. The molecule has 0 radical (unpaired) electrons. The van der Waals surface area contributed by atoms with E-state index in [1.165, 1.54) is 6.42 Å². The molecule has 0 bridgehead atoms. The van der Waals surface area contributed by atoms with Gasteiger partial charge in [0.05, 0.1) is 6.20 Å². The van der Waals surface area contributed by atoms with E-state index in [-0.39, 0.29) is 0 Å². The van der Waals surface area contributed by atoms with Crippen molar-refractivity contribution in [2.24, 2.45) is 0 Å². The smallest absolute Gasteiger partial charge is 0.160 e. The van der Waals surface area contributed by atoms with Crippen molar-refractivity contribution in [2.45, 2.75) is 39.5 Å². The molecule has 0 aliphatic rings. The van der Waals surface area contributed by atoms with Crippen LogP contribution in [0.5, 0.6) is 0 Å². The van der Waals surface area contributed by atoms with E-state index in [1.807, 2.05) is 16.8 Å². The Morgan fingerprint density at radius 1 is 1.38 bits per heavy atom. The standard InChI is InChI=1S/C12H16ClN3/c1-3-5-6-10-7-11(13)15-12-9(4-2)8-14-16(10)12/h7-8H,3-6H2,1-2H3. The Hall–Kier alpha value is -1.09. The van der Waals surface area contributed by atoms with Crippen molar-refractivity contribution in [3.05, 3.63) is 28.7 Å². The minimum Gasteiger partial charge on any atom is -0.219 e. The summed E-state index contributed by atoms with van der Waals surface area (Å²) in [5.41, 5.74) is 3.21. The second kappa shape index (κ2) is 4.83. The molecule has 0 saturated heterocycles. The average Bonchev–Trinajstić information content (AvgIpc) is 2.68. The molecule has 2 heterocycles. The molecule has 0 fully saturated rings. The van der Waals surface area contributed by atoms with Crippen LogP contribution in [-0.2, 0) is 12.8 Å². The lowest BCUT2D eigenvalue weighted by Crippen LogP contribution is -2.01. The Bertz CT molecular complexity index is 490. The molecule has 0 N–H and O–H groups in total. The maximum atomic E-state index is 6.04. The third-order valence-corrected chi connectivity index (χ3v) is 2.95. The molecule has 0 saturated carbocycles. The van der Waals surface area contributed by atoms with Crippen LogP contribution in [0.2, 0.25) is 5.15 Å². The first kappa shape index (κ1) is 11.4. The molecule has 0 atom stereocenters. The van der Waals surface area contributed by atoms with Crippen molar-refractivity contribution in [3.8, 4) is 0 Å². The zero-order valence-electron chi connectivity index (χ0n) is 9.70. The van der Waals surface area contributed by atoms with Crippen LogP contribution in [0.25, 0.3) is 5.65 Å². The summed E-state index contributed by atoms with van der Waals surface area (Å²) in [5.74, 6) is 0. The molecular weight excluding hydrogens is 222 g/mol. The highest BCUT2D eigenvalue weighted by Crippen LogP contribution is 2.17. The van der Waals surface area contributed by atoms with Crippen LogP contribution in [0, 0.1) is 0 Å². The number of hydrogen-bond acceptors (Lipinski definition) is 2. The van der Waals surface area contributed by atoms with Gasteiger partial charge in [-0.05, 0) is 25.3 Å². The Labute approximate surface area is 100 Å². The quantitative estimate of drug-likeness (QED) is 0.764. The van der Waals surface area contributed by atoms with Crippen LogP contribution in [0.1, 0.15) is 37.9 Å². The van der Waals surface area contributed by atoms with Crippen LogP contribution in [0.15, 0.2) is 12.3 Å². The van der Waals surface area contributed by atoms with Gasteiger partial charge in [0, 0.05) is 11.3 Å². The van der Waals surface area contributed by atoms with E-state index < -0.39 is 0 Å². The zero-order chi connectivity index (χ0) is 11.5. The molecule has 0 amide bonds. The van der Waals surface area contributed by atoms with E-state index in [0.29, 0.717) is 5.15 Å². The third kappa shape index (κ3) is 2.05. The normalized spacial score (nSPS) is 11.2. The van der Waals surface area contributed by atoms with Crippen molar-refractivity contribution in [2.75, 3.05) is 0 Å². The van der Waals surface area contributed by atoms with Crippen molar-refractivity contribution in [3.63, 3.8) is 0 Å². The first-order valence-corrected chi connectivity index (χ1v) is 6.16. The third-order valence-electron chi connectivity index (χ3n) is 2.75. The Balaban J connectivity index is 2.51. The molecule has 2 aromatic heterocycles. The number of aryl methyl sites for hydroxylation is 2. The lowest BCUT2D eigenvalue weighted by Gasteiger charge is -2.04. The van der Waals surface area contributed by atoms with Crippen molar-refractivity contribution in [1.29, 1.82) is 0 Å². The molecule has 0 spiro atoms. The summed E-state index contributed by atoms with van der Waals surface area (Å²) in [7, 11) is 0. The molecule has 86 valence electrons. The van der Waals surface area contributed by atoms with Gasteiger partial charge >= 0.3 is 0 Å². The fraction of sp³-hybridized carbons (Fsp3) is 0.500. The van der Waals surface area contributed by atoms with Crippen molar-refractivity contribution >= 4 is 17.2 Å². The van der Waals surface area contributed by atoms with Gasteiger partial charge in [-0.3, -0.25) is 0 Å². The molecule has 0 aromatic carbocycles. The topological polar surface area (TPSA) is 30.2 Å². The summed E-state index contributed by atoms with van der Waals surface area (Å²) in [5, 5.41) is 4.94. The van der Waals surface area contributed by atoms with Gasteiger partial charge in [-0.25, -0.2) is 9.50 Å². The van der Waals surface area contributed by atoms with Gasteiger partial charge in [0.1, 0.15) is 5.15 Å². The summed E-state index contributed by atoms with van der Waals surface area (Å²) in [6.07, 6.45) is 6.14. The highest BCUT2D eigenvalue weighted by Gasteiger charge is 2.09. The maximum absolute atomic E-state index is 6.04. The molecule has 0 unspecified atom stereocenters. The number of aromatic nitrogens is 3. The van der Waals surface area contributed by atoms with E-state index in [9.17, 15) is 0 Å². The predicted octanol–water partition coefficient (Wildman–Crippen LogP) is 3.29. The summed E-state index contributed by atoms with van der Waals surface area (Å²) in [6, 6.07) is 1.91. The molecule has 2 rings (SSSR count). The molecule has 2 aromatic rings. The highest BCUT2D eigenvalue weighted by molar-refractivity contribution is 6.29. The lowest BCUT2D eigenvalue weighted by atomic mass is 10.2. The van der Waals surface area contributed by atoms with Crippen LogP contribution >= 0.6 is 11.6 Å². The number of fused-ring (bicyclic) bond motifs is 1. The number of halogens is 1. The van der Waals surface area contributed by atoms with Gasteiger partial charge < -0.3 is 0 Å². The number of rotatable bonds is 4. The second-order valence-electron chi connectivity index (χ2n) is 3.93. The number of hydrogen-bond donors (Lipinski definition) is 0. The molecule has 0 aliphatic heterocycles. The summed E-state index contributed by atoms with van der Waals surface area (Å²) < 4.78 is 1.92. The number of nitrogens with zero attached hydrogens (tertiary/aromatic N) is 3. The Morgan fingerprint density at radius 3 is 2.88 bits per heavy atom. The number of unbranched alkanes of at least 4 members (excludes halogenated alkanes) is 1.